The van der Waals surface area contributed by atoms with Crippen LogP contribution >= 0.6 is 0 Å². The molecule has 1 aromatic heterocycles. The lowest BCUT2D eigenvalue weighted by Crippen LogP contribution is -2.37. The van der Waals surface area contributed by atoms with Gasteiger partial charge in [0.2, 0.25) is 11.9 Å². The molecular weight excluding hydrogens is 460 g/mol. The number of nitrogens with one attached hydrogen (secondary N) is 2. The van der Waals surface area contributed by atoms with Gasteiger partial charge in [-0.3, -0.25) is 9.59 Å². The number of amides is 2. The maximum atomic E-state index is 12.9. The van der Waals surface area contributed by atoms with Crippen molar-refractivity contribution in [2.24, 2.45) is 17.4 Å². The smallest absolute Gasteiger partial charge is 0.254 e. The van der Waals surface area contributed by atoms with Gasteiger partial charge < -0.3 is 26.8 Å². The number of ether oxygens (including phenoxy) is 1. The van der Waals surface area contributed by atoms with Crippen LogP contribution in [-0.2, 0) is 19.4 Å². The monoisotopic (exact) mass is 490 g/mol. The zero-order chi connectivity index (χ0) is 24.9. The Hall–Kier alpha value is -3.25. The molecule has 11 nitrogen and oxygen atoms in total. The van der Waals surface area contributed by atoms with Crippen molar-refractivity contribution in [2.75, 3.05) is 23.8 Å². The first kappa shape index (κ1) is 25.4. The molecule has 1 aromatic carbocycles. The van der Waals surface area contributed by atoms with E-state index in [9.17, 15) is 18.0 Å². The molecule has 0 spiro atoms. The van der Waals surface area contributed by atoms with Gasteiger partial charge in [0.05, 0.1) is 10.1 Å². The Morgan fingerprint density at radius 3 is 2.35 bits per heavy atom. The summed E-state index contributed by atoms with van der Waals surface area (Å²) in [6, 6.07) is 5.47. The molecule has 2 heterocycles. The zero-order valence-electron chi connectivity index (χ0n) is 19.2. The molecule has 2 amide bonds. The average molecular weight is 491 g/mol. The van der Waals surface area contributed by atoms with Crippen molar-refractivity contribution < 1.29 is 22.7 Å². The van der Waals surface area contributed by atoms with E-state index in [1.807, 2.05) is 13.8 Å². The maximum absolute atomic E-state index is 12.9. The molecule has 0 bridgehead atoms. The third-order valence-corrected chi connectivity index (χ3v) is 7.74. The van der Waals surface area contributed by atoms with E-state index >= 15 is 0 Å². The van der Waals surface area contributed by atoms with Crippen molar-refractivity contribution in [1.29, 1.82) is 0 Å². The molecule has 12 heteroatoms. The van der Waals surface area contributed by atoms with E-state index in [1.165, 1.54) is 18.3 Å². The molecule has 1 fully saturated rings. The SMILES string of the molecule is CC(C)C[C@@H](Nc1ncc(C(N)=O)c(Nc2ccc(S(=O)(=O)C3CCOCC3)cc2)n1)C(N)=O. The van der Waals surface area contributed by atoms with Crippen molar-refractivity contribution in [3.63, 3.8) is 0 Å². The normalized spacial score (nSPS) is 15.6. The fourth-order valence-electron chi connectivity index (χ4n) is 3.64. The molecule has 1 saturated heterocycles. The second-order valence-electron chi connectivity index (χ2n) is 8.56. The Bertz CT molecular complexity index is 1130. The summed E-state index contributed by atoms with van der Waals surface area (Å²) in [5.41, 5.74) is 11.5. The largest absolute Gasteiger partial charge is 0.381 e. The van der Waals surface area contributed by atoms with E-state index in [2.05, 4.69) is 20.6 Å². The highest BCUT2D eigenvalue weighted by molar-refractivity contribution is 7.92. The van der Waals surface area contributed by atoms with Gasteiger partial charge in [0.25, 0.3) is 5.91 Å². The van der Waals surface area contributed by atoms with E-state index < -0.39 is 32.9 Å². The second kappa shape index (κ2) is 10.8. The van der Waals surface area contributed by atoms with Crippen LogP contribution < -0.4 is 22.1 Å². The third-order valence-electron chi connectivity index (χ3n) is 5.46. The fraction of sp³-hybridized carbons (Fsp3) is 0.455. The maximum Gasteiger partial charge on any atom is 0.254 e. The van der Waals surface area contributed by atoms with Gasteiger partial charge in [0.15, 0.2) is 9.84 Å². The molecule has 3 rings (SSSR count). The standard InChI is InChI=1S/C22H30N6O5S/c1-13(2)11-18(20(24)30)27-22-25-12-17(19(23)29)21(28-22)26-14-3-5-15(6-4-14)34(31,32)16-7-9-33-10-8-16/h3-6,12-13,16,18H,7-11H2,1-2H3,(H2,23,29)(H2,24,30)(H2,25,26,27,28)/t18-/m1/s1. The molecule has 34 heavy (non-hydrogen) atoms. The number of hydrogen-bond acceptors (Lipinski definition) is 9. The summed E-state index contributed by atoms with van der Waals surface area (Å²) in [6.45, 7) is 4.76. The molecular formula is C22H30N6O5S. The summed E-state index contributed by atoms with van der Waals surface area (Å²) < 4.78 is 31.0. The molecule has 2 aromatic rings. The highest BCUT2D eigenvalue weighted by Crippen LogP contribution is 2.26. The predicted octanol–water partition coefficient (Wildman–Crippen LogP) is 1.58. The van der Waals surface area contributed by atoms with E-state index in [0.29, 0.717) is 38.2 Å². The number of sulfone groups is 1. The first-order chi connectivity index (χ1) is 16.1. The lowest BCUT2D eigenvalue weighted by molar-refractivity contribution is -0.119. The molecule has 1 aliphatic rings. The Kier molecular flexibility index (Phi) is 8.05. The summed E-state index contributed by atoms with van der Waals surface area (Å²) in [4.78, 5) is 32.2. The fourth-order valence-corrected chi connectivity index (χ4v) is 5.36. The van der Waals surface area contributed by atoms with Crippen LogP contribution in [0.25, 0.3) is 0 Å². The van der Waals surface area contributed by atoms with Crippen LogP contribution in [0.15, 0.2) is 35.4 Å². The number of carbonyl (C=O) groups excluding carboxylic acids is 2. The first-order valence-corrected chi connectivity index (χ1v) is 12.5. The van der Waals surface area contributed by atoms with E-state index in [0.717, 1.165) is 0 Å². The molecule has 0 unspecified atom stereocenters. The number of rotatable bonds is 10. The van der Waals surface area contributed by atoms with Crippen LogP contribution in [0, 0.1) is 5.92 Å². The van der Waals surface area contributed by atoms with Crippen LogP contribution in [0.1, 0.15) is 43.5 Å². The van der Waals surface area contributed by atoms with Crippen molar-refractivity contribution in [1.82, 2.24) is 9.97 Å². The molecule has 6 N–H and O–H groups in total. The van der Waals surface area contributed by atoms with Crippen LogP contribution in [-0.4, -0.2) is 54.7 Å². The lowest BCUT2D eigenvalue weighted by atomic mass is 10.0. The second-order valence-corrected chi connectivity index (χ2v) is 10.8. The van der Waals surface area contributed by atoms with Gasteiger partial charge in [-0.05, 0) is 49.4 Å². The number of hydrogen-bond donors (Lipinski definition) is 4. The molecule has 1 atom stereocenters. The van der Waals surface area contributed by atoms with Crippen LogP contribution in [0.4, 0.5) is 17.5 Å². The van der Waals surface area contributed by atoms with E-state index in [-0.39, 0.29) is 28.1 Å². The number of carbonyl (C=O) groups is 2. The highest BCUT2D eigenvalue weighted by Gasteiger charge is 2.29. The van der Waals surface area contributed by atoms with Gasteiger partial charge in [0, 0.05) is 25.1 Å². The highest BCUT2D eigenvalue weighted by atomic mass is 32.2. The molecule has 184 valence electrons. The van der Waals surface area contributed by atoms with Gasteiger partial charge >= 0.3 is 0 Å². The summed E-state index contributed by atoms with van der Waals surface area (Å²) in [7, 11) is -3.47. The van der Waals surface area contributed by atoms with Gasteiger partial charge in [0.1, 0.15) is 17.4 Å². The number of anilines is 3. The minimum atomic E-state index is -3.47. The van der Waals surface area contributed by atoms with E-state index in [4.69, 9.17) is 16.2 Å². The zero-order valence-corrected chi connectivity index (χ0v) is 20.0. The molecule has 0 aliphatic carbocycles. The van der Waals surface area contributed by atoms with Crippen LogP contribution in [0.3, 0.4) is 0 Å². The lowest BCUT2D eigenvalue weighted by Gasteiger charge is -2.22. The Morgan fingerprint density at radius 2 is 1.79 bits per heavy atom. The number of aromatic nitrogens is 2. The Labute approximate surface area is 198 Å². The van der Waals surface area contributed by atoms with Crippen LogP contribution in [0.2, 0.25) is 0 Å². The third kappa shape index (κ3) is 6.20. The molecule has 1 aliphatic heterocycles. The number of nitrogens with two attached hydrogens (primary N) is 2. The van der Waals surface area contributed by atoms with Gasteiger partial charge in [-0.2, -0.15) is 4.98 Å². The number of nitrogens with zero attached hydrogens (tertiary/aromatic N) is 2. The molecule has 0 saturated carbocycles. The summed E-state index contributed by atoms with van der Waals surface area (Å²) in [5.74, 6) is -0.898. The van der Waals surface area contributed by atoms with E-state index in [1.54, 1.807) is 12.1 Å². The average Bonchev–Trinajstić information content (AvgIpc) is 2.79. The van der Waals surface area contributed by atoms with Gasteiger partial charge in [-0.1, -0.05) is 13.8 Å². The summed E-state index contributed by atoms with van der Waals surface area (Å²) in [6.07, 6.45) is 2.65. The first-order valence-electron chi connectivity index (χ1n) is 11.0. The number of benzene rings is 1. The van der Waals surface area contributed by atoms with Crippen molar-refractivity contribution in [3.8, 4) is 0 Å². The Balaban J connectivity index is 1.82. The quantitative estimate of drug-likeness (QED) is 0.384. The minimum absolute atomic E-state index is 0.0314. The van der Waals surface area contributed by atoms with Gasteiger partial charge in [-0.25, -0.2) is 13.4 Å². The summed E-state index contributed by atoms with van der Waals surface area (Å²) in [5, 5.41) is 5.39. The molecule has 0 radical (unpaired) electrons. The van der Waals surface area contributed by atoms with Gasteiger partial charge in [-0.15, -0.1) is 0 Å². The van der Waals surface area contributed by atoms with Crippen LogP contribution in [0.5, 0.6) is 0 Å². The topological polar surface area (TPSA) is 179 Å². The summed E-state index contributed by atoms with van der Waals surface area (Å²) >= 11 is 0. The predicted molar refractivity (Wildman–Crippen MR) is 127 cm³/mol. The Morgan fingerprint density at radius 1 is 1.15 bits per heavy atom. The van der Waals surface area contributed by atoms with Crippen molar-refractivity contribution in [3.05, 3.63) is 36.0 Å². The number of primary amides is 2. The minimum Gasteiger partial charge on any atom is -0.381 e. The van der Waals surface area contributed by atoms with Crippen molar-refractivity contribution >= 4 is 39.1 Å². The van der Waals surface area contributed by atoms with Crippen molar-refractivity contribution in [2.45, 2.75) is 49.3 Å².